The zero-order valence-corrected chi connectivity index (χ0v) is 10.1. The van der Waals surface area contributed by atoms with E-state index >= 15 is 0 Å². The van der Waals surface area contributed by atoms with E-state index in [2.05, 4.69) is 0 Å². The lowest BCUT2D eigenvalue weighted by Gasteiger charge is -2.17. The molecule has 0 atom stereocenters. The highest BCUT2D eigenvalue weighted by molar-refractivity contribution is 6.08. The van der Waals surface area contributed by atoms with E-state index in [0.29, 0.717) is 0 Å². The standard InChI is InChI=1S/C13H11FN2O3/c1-15(13(18)19)16-8-4-7-11(16)12(17)9-5-2-3-6-10(9)14/h2-8H,1H3,(H,18,19). The van der Waals surface area contributed by atoms with E-state index in [1.165, 1.54) is 43.6 Å². The van der Waals surface area contributed by atoms with Crippen LogP contribution in [0.5, 0.6) is 0 Å². The number of hydrogen-bond donors (Lipinski definition) is 1. The summed E-state index contributed by atoms with van der Waals surface area (Å²) in [5.41, 5.74) is -0.0174. The Morgan fingerprint density at radius 3 is 2.53 bits per heavy atom. The molecule has 1 aromatic carbocycles. The molecule has 2 aromatic rings. The van der Waals surface area contributed by atoms with Crippen LogP contribution in [-0.2, 0) is 0 Å². The van der Waals surface area contributed by atoms with Gasteiger partial charge in [0.05, 0.1) is 5.56 Å². The molecule has 5 nitrogen and oxygen atoms in total. The van der Waals surface area contributed by atoms with E-state index in [1.807, 2.05) is 0 Å². The lowest BCUT2D eigenvalue weighted by atomic mass is 10.1. The van der Waals surface area contributed by atoms with E-state index < -0.39 is 17.7 Å². The van der Waals surface area contributed by atoms with Crippen LogP contribution in [0.3, 0.4) is 0 Å². The average Bonchev–Trinajstić information content (AvgIpc) is 2.86. The summed E-state index contributed by atoms with van der Waals surface area (Å²) in [6, 6.07) is 8.53. The number of aromatic nitrogens is 1. The summed E-state index contributed by atoms with van der Waals surface area (Å²) in [5.74, 6) is -1.21. The predicted molar refractivity (Wildman–Crippen MR) is 66.4 cm³/mol. The van der Waals surface area contributed by atoms with Gasteiger partial charge in [0.1, 0.15) is 11.5 Å². The van der Waals surface area contributed by atoms with Crippen LogP contribution in [0.25, 0.3) is 0 Å². The molecule has 6 heteroatoms. The number of ketones is 1. The zero-order chi connectivity index (χ0) is 14.0. The Labute approximate surface area is 108 Å². The average molecular weight is 262 g/mol. The van der Waals surface area contributed by atoms with Gasteiger partial charge in [-0.25, -0.2) is 14.2 Å². The minimum Gasteiger partial charge on any atom is -0.464 e. The van der Waals surface area contributed by atoms with Crippen molar-refractivity contribution in [2.75, 3.05) is 12.1 Å². The molecular weight excluding hydrogens is 251 g/mol. The molecule has 0 saturated heterocycles. The number of benzene rings is 1. The van der Waals surface area contributed by atoms with Gasteiger partial charge in [-0.15, -0.1) is 0 Å². The number of carbonyl (C=O) groups excluding carboxylic acids is 1. The molecule has 0 radical (unpaired) electrons. The van der Waals surface area contributed by atoms with Gasteiger partial charge in [0, 0.05) is 13.2 Å². The van der Waals surface area contributed by atoms with Gasteiger partial charge in [-0.05, 0) is 24.3 Å². The molecule has 0 unspecified atom stereocenters. The minimum atomic E-state index is -1.22. The molecule has 98 valence electrons. The monoisotopic (exact) mass is 262 g/mol. The third-order valence-corrected chi connectivity index (χ3v) is 2.68. The Morgan fingerprint density at radius 2 is 1.89 bits per heavy atom. The van der Waals surface area contributed by atoms with Gasteiger partial charge in [0.15, 0.2) is 0 Å². The van der Waals surface area contributed by atoms with E-state index in [-0.39, 0.29) is 11.3 Å². The SMILES string of the molecule is CN(C(=O)O)n1cccc1C(=O)c1ccccc1F. The van der Waals surface area contributed by atoms with E-state index in [0.717, 1.165) is 9.69 Å². The highest BCUT2D eigenvalue weighted by atomic mass is 19.1. The Kier molecular flexibility index (Phi) is 3.33. The first-order valence-corrected chi connectivity index (χ1v) is 5.46. The Bertz CT molecular complexity index is 636. The Hall–Kier alpha value is -2.63. The van der Waals surface area contributed by atoms with Crippen molar-refractivity contribution in [2.45, 2.75) is 0 Å². The van der Waals surface area contributed by atoms with Gasteiger partial charge in [-0.2, -0.15) is 0 Å². The number of amides is 1. The molecule has 0 saturated carbocycles. The lowest BCUT2D eigenvalue weighted by molar-refractivity contribution is 0.102. The third kappa shape index (κ3) is 2.33. The van der Waals surface area contributed by atoms with E-state index in [4.69, 9.17) is 5.11 Å². The maximum Gasteiger partial charge on any atom is 0.426 e. The van der Waals surface area contributed by atoms with Crippen LogP contribution in [0.15, 0.2) is 42.6 Å². The number of carbonyl (C=O) groups is 2. The first-order valence-electron chi connectivity index (χ1n) is 5.46. The molecule has 2 rings (SSSR count). The van der Waals surface area contributed by atoms with E-state index in [1.54, 1.807) is 6.07 Å². The fourth-order valence-electron chi connectivity index (χ4n) is 1.69. The topological polar surface area (TPSA) is 62.5 Å². The fraction of sp³-hybridized carbons (Fsp3) is 0.0769. The van der Waals surface area contributed by atoms with Crippen LogP contribution in [0.1, 0.15) is 16.1 Å². The normalized spacial score (nSPS) is 10.2. The number of halogens is 1. The van der Waals surface area contributed by atoms with Crippen LogP contribution in [0.2, 0.25) is 0 Å². The van der Waals surface area contributed by atoms with Crippen LogP contribution in [0, 0.1) is 5.82 Å². The van der Waals surface area contributed by atoms with Gasteiger partial charge in [-0.1, -0.05) is 12.1 Å². The molecule has 0 aliphatic carbocycles. The molecule has 1 heterocycles. The van der Waals surface area contributed by atoms with Crippen molar-refractivity contribution in [3.05, 3.63) is 59.7 Å². The van der Waals surface area contributed by atoms with E-state index in [9.17, 15) is 14.0 Å². The summed E-state index contributed by atoms with van der Waals surface area (Å²) in [6.07, 6.45) is 0.195. The molecule has 0 aliphatic rings. The molecule has 0 aliphatic heterocycles. The molecule has 0 spiro atoms. The van der Waals surface area contributed by atoms with Crippen LogP contribution >= 0.6 is 0 Å². The second-order valence-corrected chi connectivity index (χ2v) is 3.85. The number of hydrogen-bond acceptors (Lipinski definition) is 2. The van der Waals surface area contributed by atoms with Crippen LogP contribution in [0.4, 0.5) is 9.18 Å². The number of nitrogens with zero attached hydrogens (tertiary/aromatic N) is 2. The summed E-state index contributed by atoms with van der Waals surface area (Å²) in [7, 11) is 1.29. The van der Waals surface area contributed by atoms with Gasteiger partial charge in [0.2, 0.25) is 5.78 Å². The highest BCUT2D eigenvalue weighted by Crippen LogP contribution is 2.14. The first kappa shape index (κ1) is 12.8. The van der Waals surface area contributed by atoms with Crippen LogP contribution in [-0.4, -0.2) is 28.7 Å². The summed E-state index contributed by atoms with van der Waals surface area (Å²) in [4.78, 5) is 23.1. The molecular formula is C13H11FN2O3. The predicted octanol–water partition coefficient (Wildman–Crippen LogP) is 2.10. The second-order valence-electron chi connectivity index (χ2n) is 3.85. The van der Waals surface area contributed by atoms with Crippen molar-refractivity contribution in [3.63, 3.8) is 0 Å². The largest absolute Gasteiger partial charge is 0.464 e. The van der Waals surface area contributed by atoms with Gasteiger partial charge in [-0.3, -0.25) is 9.47 Å². The molecule has 19 heavy (non-hydrogen) atoms. The first-order chi connectivity index (χ1) is 9.02. The van der Waals surface area contributed by atoms with Crippen molar-refractivity contribution >= 4 is 11.9 Å². The van der Waals surface area contributed by atoms with Gasteiger partial charge >= 0.3 is 6.09 Å². The Morgan fingerprint density at radius 1 is 1.21 bits per heavy atom. The van der Waals surface area contributed by atoms with Crippen molar-refractivity contribution < 1.29 is 19.1 Å². The molecule has 1 N–H and O–H groups in total. The van der Waals surface area contributed by atoms with Crippen molar-refractivity contribution in [1.82, 2.24) is 4.68 Å². The third-order valence-electron chi connectivity index (χ3n) is 2.68. The van der Waals surface area contributed by atoms with Crippen molar-refractivity contribution in [2.24, 2.45) is 0 Å². The van der Waals surface area contributed by atoms with Crippen molar-refractivity contribution in [1.29, 1.82) is 0 Å². The molecule has 1 amide bonds. The molecule has 0 fully saturated rings. The quantitative estimate of drug-likeness (QED) is 0.862. The van der Waals surface area contributed by atoms with Gasteiger partial charge in [0.25, 0.3) is 0 Å². The molecule has 0 bridgehead atoms. The maximum atomic E-state index is 13.6. The highest BCUT2D eigenvalue weighted by Gasteiger charge is 2.20. The minimum absolute atomic E-state index is 0.0787. The van der Waals surface area contributed by atoms with Gasteiger partial charge < -0.3 is 5.11 Å². The van der Waals surface area contributed by atoms with Crippen LogP contribution < -0.4 is 5.01 Å². The summed E-state index contributed by atoms with van der Waals surface area (Å²) >= 11 is 0. The summed E-state index contributed by atoms with van der Waals surface area (Å²) in [6.45, 7) is 0. The number of carboxylic acid groups (broad SMARTS) is 1. The maximum absolute atomic E-state index is 13.6. The fourth-order valence-corrected chi connectivity index (χ4v) is 1.69. The summed E-state index contributed by atoms with van der Waals surface area (Å²) in [5, 5.41) is 9.75. The lowest BCUT2D eigenvalue weighted by Crippen LogP contribution is -2.36. The zero-order valence-electron chi connectivity index (χ0n) is 10.1. The number of rotatable bonds is 3. The van der Waals surface area contributed by atoms with Crippen molar-refractivity contribution in [3.8, 4) is 0 Å². The molecule has 1 aromatic heterocycles. The Balaban J connectivity index is 2.44. The summed E-state index contributed by atoms with van der Waals surface area (Å²) < 4.78 is 14.7. The smallest absolute Gasteiger partial charge is 0.426 e. The second kappa shape index (κ2) is 4.93.